The van der Waals surface area contributed by atoms with E-state index in [0.717, 1.165) is 16.8 Å². The quantitative estimate of drug-likeness (QED) is 0.333. The molecule has 0 spiro atoms. The predicted octanol–water partition coefficient (Wildman–Crippen LogP) is 5.47. The normalized spacial score (nSPS) is 18.6. The van der Waals surface area contributed by atoms with Crippen LogP contribution in [0.4, 0.5) is 11.4 Å². The zero-order chi connectivity index (χ0) is 24.9. The van der Waals surface area contributed by atoms with E-state index in [2.05, 4.69) is 30.1 Å². The average Bonchev–Trinajstić information content (AvgIpc) is 2.77. The Balaban J connectivity index is 1.84. The number of hydrogen-bond donors (Lipinski definition) is 1. The Kier molecular flexibility index (Phi) is 6.23. The molecule has 6 nitrogen and oxygen atoms in total. The van der Waals surface area contributed by atoms with Gasteiger partial charge in [-0.2, -0.15) is 0 Å². The Morgan fingerprint density at radius 1 is 1.15 bits per heavy atom. The van der Waals surface area contributed by atoms with Crippen molar-refractivity contribution in [2.75, 3.05) is 24.0 Å². The van der Waals surface area contributed by atoms with Gasteiger partial charge in [0, 0.05) is 29.9 Å². The molecule has 1 N–H and O–H groups in total. The van der Waals surface area contributed by atoms with E-state index in [1.165, 1.54) is 11.0 Å². The summed E-state index contributed by atoms with van der Waals surface area (Å²) in [5, 5.41) is 2.92. The van der Waals surface area contributed by atoms with Crippen LogP contribution in [0.2, 0.25) is 10.0 Å². The van der Waals surface area contributed by atoms with E-state index in [0.29, 0.717) is 11.3 Å². The van der Waals surface area contributed by atoms with Crippen molar-refractivity contribution >= 4 is 75.4 Å². The number of hydrogen-bond acceptors (Lipinski definition) is 5. The van der Waals surface area contributed by atoms with Gasteiger partial charge >= 0.3 is 0 Å². The summed E-state index contributed by atoms with van der Waals surface area (Å²) in [6.45, 7) is 6.30. The second kappa shape index (κ2) is 8.73. The molecule has 34 heavy (non-hydrogen) atoms. The number of likely N-dealkylation sites (N-methyl/N-ethyl adjacent to an activating group) is 1. The van der Waals surface area contributed by atoms with Gasteiger partial charge in [0.1, 0.15) is 11.3 Å². The highest BCUT2D eigenvalue weighted by atomic mass is 35.5. The van der Waals surface area contributed by atoms with Crippen molar-refractivity contribution in [3.05, 3.63) is 63.2 Å². The molecule has 0 atom stereocenters. The zero-order valence-electron chi connectivity index (χ0n) is 19.3. The van der Waals surface area contributed by atoms with E-state index in [-0.39, 0.29) is 32.0 Å². The van der Waals surface area contributed by atoms with Gasteiger partial charge in [-0.15, -0.1) is 0 Å². The summed E-state index contributed by atoms with van der Waals surface area (Å²) in [5.74, 6) is -0.678. The third-order valence-electron chi connectivity index (χ3n) is 6.14. The molecule has 2 aliphatic rings. The second-order valence-corrected chi connectivity index (χ2v) is 9.85. The van der Waals surface area contributed by atoms with Gasteiger partial charge in [0.25, 0.3) is 11.8 Å². The molecule has 0 aliphatic carbocycles. The fourth-order valence-electron chi connectivity index (χ4n) is 4.18. The minimum absolute atomic E-state index is 0.0728. The fraction of sp³-hybridized carbons (Fsp3) is 0.240. The van der Waals surface area contributed by atoms with Crippen molar-refractivity contribution in [3.63, 3.8) is 0 Å². The molecule has 2 aromatic rings. The van der Waals surface area contributed by atoms with Crippen molar-refractivity contribution in [1.82, 2.24) is 5.32 Å². The number of fused-ring (bicyclic) bond motifs is 1. The monoisotopic (exact) mass is 515 g/mol. The number of amides is 2. The van der Waals surface area contributed by atoms with Crippen LogP contribution in [0, 0.1) is 0 Å². The van der Waals surface area contributed by atoms with Crippen LogP contribution in [0.15, 0.2) is 42.0 Å². The summed E-state index contributed by atoms with van der Waals surface area (Å²) in [7, 11) is 3.57. The molecule has 0 bridgehead atoms. The summed E-state index contributed by atoms with van der Waals surface area (Å²) >= 11 is 17.7. The summed E-state index contributed by atoms with van der Waals surface area (Å²) in [6, 6.07) is 8.70. The van der Waals surface area contributed by atoms with Crippen LogP contribution >= 0.6 is 35.4 Å². The zero-order valence-corrected chi connectivity index (χ0v) is 21.7. The van der Waals surface area contributed by atoms with Gasteiger partial charge in [-0.3, -0.25) is 19.8 Å². The highest BCUT2D eigenvalue weighted by Crippen LogP contribution is 2.42. The van der Waals surface area contributed by atoms with Crippen LogP contribution in [0.5, 0.6) is 5.75 Å². The van der Waals surface area contributed by atoms with Crippen molar-refractivity contribution in [3.8, 4) is 5.75 Å². The van der Waals surface area contributed by atoms with Crippen molar-refractivity contribution in [2.45, 2.75) is 26.3 Å². The van der Waals surface area contributed by atoms with E-state index >= 15 is 0 Å². The molecule has 0 radical (unpaired) electrons. The standard InChI is InChI=1S/C25H23Cl2N3O3S/c1-13-12-25(2,3)29(4)19-11-20(33-5)14(9-15(13)19)10-16-22(31)28-24(34)30(23(16)32)18-8-6-7-17(26)21(18)27/h6-12H,1-5H3,(H,28,31,34)/b16-10-. The van der Waals surface area contributed by atoms with Crippen molar-refractivity contribution < 1.29 is 14.3 Å². The Bertz CT molecular complexity index is 1320. The largest absolute Gasteiger partial charge is 0.496 e. The molecule has 0 saturated carbocycles. The summed E-state index contributed by atoms with van der Waals surface area (Å²) in [6.07, 6.45) is 3.69. The van der Waals surface area contributed by atoms with E-state index < -0.39 is 11.8 Å². The number of benzene rings is 2. The number of ether oxygens (including phenoxy) is 1. The molecule has 1 saturated heterocycles. The van der Waals surface area contributed by atoms with Crippen molar-refractivity contribution in [2.24, 2.45) is 0 Å². The predicted molar refractivity (Wildman–Crippen MR) is 142 cm³/mol. The van der Waals surface area contributed by atoms with Gasteiger partial charge in [-0.1, -0.05) is 35.3 Å². The minimum Gasteiger partial charge on any atom is -0.496 e. The summed E-state index contributed by atoms with van der Waals surface area (Å²) in [5.41, 5.74) is 3.68. The van der Waals surface area contributed by atoms with E-state index in [9.17, 15) is 9.59 Å². The van der Waals surface area contributed by atoms with Gasteiger partial charge in [0.15, 0.2) is 5.11 Å². The summed E-state index contributed by atoms with van der Waals surface area (Å²) in [4.78, 5) is 29.6. The SMILES string of the molecule is COc1cc2c(cc1/C=C1/C(=O)NC(=S)N(c3cccc(Cl)c3Cl)C1=O)C(C)=CC(C)(C)N2C. The first-order chi connectivity index (χ1) is 16.0. The Labute approximate surface area is 213 Å². The van der Waals surface area contributed by atoms with Gasteiger partial charge < -0.3 is 9.64 Å². The number of nitrogens with zero attached hydrogens (tertiary/aromatic N) is 2. The van der Waals surface area contributed by atoms with Crippen LogP contribution < -0.4 is 19.9 Å². The number of carbonyl (C=O) groups is 2. The Morgan fingerprint density at radius 3 is 2.53 bits per heavy atom. The first-order valence-corrected chi connectivity index (χ1v) is 11.6. The maximum atomic E-state index is 13.5. The third-order valence-corrected chi connectivity index (χ3v) is 7.24. The van der Waals surface area contributed by atoms with Crippen LogP contribution in [0.3, 0.4) is 0 Å². The van der Waals surface area contributed by atoms with Crippen LogP contribution in [0.1, 0.15) is 31.9 Å². The lowest BCUT2D eigenvalue weighted by Gasteiger charge is -2.41. The molecule has 2 amide bonds. The van der Waals surface area contributed by atoms with Crippen LogP contribution in [-0.4, -0.2) is 36.6 Å². The van der Waals surface area contributed by atoms with E-state index in [4.69, 9.17) is 40.2 Å². The van der Waals surface area contributed by atoms with E-state index in [1.807, 2.05) is 26.1 Å². The second-order valence-electron chi connectivity index (χ2n) is 8.68. The number of halogens is 2. The molecule has 2 aromatic carbocycles. The fourth-order valence-corrected chi connectivity index (χ4v) is 4.83. The molecular formula is C25H23Cl2N3O3S. The number of allylic oxidation sites excluding steroid dienone is 1. The molecular weight excluding hydrogens is 493 g/mol. The van der Waals surface area contributed by atoms with Gasteiger partial charge in [-0.05, 0) is 62.8 Å². The molecule has 0 aromatic heterocycles. The number of methoxy groups -OCH3 is 1. The molecule has 0 unspecified atom stereocenters. The van der Waals surface area contributed by atoms with Gasteiger partial charge in [-0.25, -0.2) is 0 Å². The average molecular weight is 516 g/mol. The maximum absolute atomic E-state index is 13.5. The molecule has 4 rings (SSSR count). The highest BCUT2D eigenvalue weighted by Gasteiger charge is 2.36. The first kappa shape index (κ1) is 24.3. The molecule has 2 aliphatic heterocycles. The van der Waals surface area contributed by atoms with Crippen molar-refractivity contribution in [1.29, 1.82) is 0 Å². The molecule has 2 heterocycles. The smallest absolute Gasteiger partial charge is 0.270 e. The Hall–Kier alpha value is -2.87. The number of rotatable bonds is 3. The van der Waals surface area contributed by atoms with E-state index in [1.54, 1.807) is 25.3 Å². The number of thiocarbonyl (C=S) groups is 1. The lowest BCUT2D eigenvalue weighted by molar-refractivity contribution is -0.122. The number of carbonyl (C=O) groups excluding carboxylic acids is 2. The topological polar surface area (TPSA) is 61.9 Å². The Morgan fingerprint density at radius 2 is 1.85 bits per heavy atom. The summed E-state index contributed by atoms with van der Waals surface area (Å²) < 4.78 is 5.63. The van der Waals surface area contributed by atoms with Gasteiger partial charge in [0.2, 0.25) is 0 Å². The third kappa shape index (κ3) is 3.98. The van der Waals surface area contributed by atoms with Crippen LogP contribution in [-0.2, 0) is 9.59 Å². The molecule has 9 heteroatoms. The lowest BCUT2D eigenvalue weighted by atomic mass is 9.88. The number of nitrogens with one attached hydrogen (secondary N) is 1. The first-order valence-electron chi connectivity index (χ1n) is 10.5. The van der Waals surface area contributed by atoms with Gasteiger partial charge in [0.05, 0.1) is 28.4 Å². The number of anilines is 2. The highest BCUT2D eigenvalue weighted by molar-refractivity contribution is 7.80. The maximum Gasteiger partial charge on any atom is 0.270 e. The van der Waals surface area contributed by atoms with Crippen LogP contribution in [0.25, 0.3) is 11.6 Å². The molecule has 176 valence electrons. The molecule has 1 fully saturated rings. The minimum atomic E-state index is -0.608. The lowest BCUT2D eigenvalue weighted by Crippen LogP contribution is -2.54.